The largest absolute Gasteiger partial charge is 0.325 e. The van der Waals surface area contributed by atoms with Crippen LogP contribution in [0.4, 0.5) is 5.69 Å². The summed E-state index contributed by atoms with van der Waals surface area (Å²) in [5.74, 6) is -0.268. The third-order valence-corrected chi connectivity index (χ3v) is 5.32. The normalized spacial score (nSPS) is 10.9. The van der Waals surface area contributed by atoms with Gasteiger partial charge in [-0.3, -0.25) is 9.59 Å². The molecular formula is C21H17BrN4O2. The highest BCUT2D eigenvalue weighted by atomic mass is 79.9. The van der Waals surface area contributed by atoms with Gasteiger partial charge in [-0.2, -0.15) is 5.10 Å². The first-order valence-corrected chi connectivity index (χ1v) is 9.51. The molecule has 0 unspecified atom stereocenters. The van der Waals surface area contributed by atoms with Crippen LogP contribution in [0.15, 0.2) is 76.3 Å². The van der Waals surface area contributed by atoms with E-state index in [9.17, 15) is 9.59 Å². The van der Waals surface area contributed by atoms with Crippen molar-refractivity contribution in [3.8, 4) is 11.3 Å². The summed E-state index contributed by atoms with van der Waals surface area (Å²) in [5.41, 5.74) is 3.51. The monoisotopic (exact) mass is 436 g/mol. The maximum Gasteiger partial charge on any atom is 0.277 e. The number of benzene rings is 2. The maximum absolute atomic E-state index is 12.8. The van der Waals surface area contributed by atoms with Gasteiger partial charge >= 0.3 is 0 Å². The fraction of sp³-hybridized carbons (Fsp3) is 0.0952. The van der Waals surface area contributed by atoms with Crippen LogP contribution in [0.25, 0.3) is 16.8 Å². The zero-order valence-corrected chi connectivity index (χ0v) is 16.7. The molecule has 4 aromatic rings. The van der Waals surface area contributed by atoms with E-state index in [4.69, 9.17) is 0 Å². The van der Waals surface area contributed by atoms with E-state index in [1.807, 2.05) is 55.5 Å². The number of nitrogens with one attached hydrogen (secondary N) is 1. The summed E-state index contributed by atoms with van der Waals surface area (Å²) in [6.45, 7) is 1.87. The Balaban J connectivity index is 1.58. The van der Waals surface area contributed by atoms with Crippen LogP contribution >= 0.6 is 15.9 Å². The first-order chi connectivity index (χ1) is 13.5. The molecule has 0 spiro atoms. The number of hydrogen-bond acceptors (Lipinski definition) is 3. The Labute approximate surface area is 169 Å². The number of aromatic nitrogens is 3. The van der Waals surface area contributed by atoms with Gasteiger partial charge in [-0.05, 0) is 36.8 Å². The number of carbonyl (C=O) groups is 1. The van der Waals surface area contributed by atoms with Gasteiger partial charge in [0.05, 0.1) is 5.69 Å². The van der Waals surface area contributed by atoms with Crippen molar-refractivity contribution in [2.45, 2.75) is 13.5 Å². The smallest absolute Gasteiger partial charge is 0.277 e. The minimum Gasteiger partial charge on any atom is -0.325 e. The van der Waals surface area contributed by atoms with Gasteiger partial charge in [0.1, 0.15) is 12.1 Å². The lowest BCUT2D eigenvalue weighted by Crippen LogP contribution is -2.28. The quantitative estimate of drug-likeness (QED) is 0.527. The Bertz CT molecular complexity index is 1230. The summed E-state index contributed by atoms with van der Waals surface area (Å²) in [5, 5.41) is 7.27. The predicted octanol–water partition coefficient (Wildman–Crippen LogP) is 3.87. The molecule has 6 nitrogen and oxygen atoms in total. The number of hydrogen-bond donors (Lipinski definition) is 1. The lowest BCUT2D eigenvalue weighted by atomic mass is 10.1. The summed E-state index contributed by atoms with van der Waals surface area (Å²) in [6, 6.07) is 16.9. The average molecular weight is 437 g/mol. The van der Waals surface area contributed by atoms with E-state index in [0.717, 1.165) is 15.6 Å². The van der Waals surface area contributed by atoms with Crippen LogP contribution in [0.3, 0.4) is 0 Å². The van der Waals surface area contributed by atoms with Gasteiger partial charge < -0.3 is 9.88 Å². The Kier molecular flexibility index (Phi) is 4.83. The highest BCUT2D eigenvalue weighted by Crippen LogP contribution is 2.20. The summed E-state index contributed by atoms with van der Waals surface area (Å²) >= 11 is 3.43. The Morgan fingerprint density at radius 1 is 1.11 bits per heavy atom. The SMILES string of the molecule is Cc1cc(NC(=O)Cn2ccn3nc(-c4ccccc4)cc3c2=O)ccc1Br. The number of nitrogens with zero attached hydrogens (tertiary/aromatic N) is 3. The predicted molar refractivity (Wildman–Crippen MR) is 112 cm³/mol. The molecule has 0 aliphatic carbocycles. The van der Waals surface area contributed by atoms with E-state index in [1.54, 1.807) is 18.5 Å². The van der Waals surface area contributed by atoms with E-state index < -0.39 is 0 Å². The molecule has 1 N–H and O–H groups in total. The van der Waals surface area contributed by atoms with Gasteiger partial charge in [0.2, 0.25) is 5.91 Å². The molecule has 0 saturated carbocycles. The van der Waals surface area contributed by atoms with Crippen LogP contribution in [0.5, 0.6) is 0 Å². The number of fused-ring (bicyclic) bond motifs is 1. The fourth-order valence-corrected chi connectivity index (χ4v) is 3.23. The van der Waals surface area contributed by atoms with Gasteiger partial charge in [0.25, 0.3) is 5.56 Å². The lowest BCUT2D eigenvalue weighted by Gasteiger charge is -2.09. The molecule has 0 atom stereocenters. The minimum absolute atomic E-state index is 0.0731. The molecular weight excluding hydrogens is 420 g/mol. The third-order valence-electron chi connectivity index (χ3n) is 4.43. The average Bonchev–Trinajstić information content (AvgIpc) is 3.13. The van der Waals surface area contributed by atoms with Crippen LogP contribution in [-0.2, 0) is 11.3 Å². The van der Waals surface area contributed by atoms with E-state index in [-0.39, 0.29) is 18.0 Å². The number of aryl methyl sites for hydroxylation is 1. The molecule has 7 heteroatoms. The second-order valence-corrected chi connectivity index (χ2v) is 7.32. The topological polar surface area (TPSA) is 68.4 Å². The first kappa shape index (κ1) is 18.2. The van der Waals surface area contributed by atoms with Crippen LogP contribution in [0.2, 0.25) is 0 Å². The molecule has 28 heavy (non-hydrogen) atoms. The fourth-order valence-electron chi connectivity index (χ4n) is 2.98. The van der Waals surface area contributed by atoms with Crippen LogP contribution in [-0.4, -0.2) is 20.1 Å². The summed E-state index contributed by atoms with van der Waals surface area (Å²) in [7, 11) is 0. The van der Waals surface area contributed by atoms with Crippen molar-refractivity contribution in [1.82, 2.24) is 14.2 Å². The maximum atomic E-state index is 12.8. The molecule has 0 aliphatic rings. The van der Waals surface area contributed by atoms with Crippen molar-refractivity contribution in [1.29, 1.82) is 0 Å². The van der Waals surface area contributed by atoms with E-state index in [1.165, 1.54) is 9.08 Å². The molecule has 2 aromatic heterocycles. The van der Waals surface area contributed by atoms with Gasteiger partial charge in [-0.25, -0.2) is 4.52 Å². The molecule has 0 bridgehead atoms. The molecule has 2 aromatic carbocycles. The van der Waals surface area contributed by atoms with Crippen molar-refractivity contribution in [2.75, 3.05) is 5.32 Å². The second kappa shape index (κ2) is 7.44. The van der Waals surface area contributed by atoms with Gasteiger partial charge in [0.15, 0.2) is 0 Å². The molecule has 140 valence electrons. The zero-order chi connectivity index (χ0) is 19.7. The molecule has 0 aliphatic heterocycles. The van der Waals surface area contributed by atoms with E-state index in [0.29, 0.717) is 16.9 Å². The summed E-state index contributed by atoms with van der Waals surface area (Å²) in [4.78, 5) is 25.2. The Morgan fingerprint density at radius 3 is 2.64 bits per heavy atom. The molecule has 0 radical (unpaired) electrons. The third kappa shape index (κ3) is 3.61. The van der Waals surface area contributed by atoms with Crippen molar-refractivity contribution in [2.24, 2.45) is 0 Å². The van der Waals surface area contributed by atoms with Crippen LogP contribution < -0.4 is 10.9 Å². The zero-order valence-electron chi connectivity index (χ0n) is 15.1. The first-order valence-electron chi connectivity index (χ1n) is 8.71. The Hall–Kier alpha value is -3.19. The molecule has 2 heterocycles. The standard InChI is InChI=1S/C21H17BrN4O2/c1-14-11-16(7-8-17(14)22)23-20(27)13-25-9-10-26-19(21(25)28)12-18(24-26)15-5-3-2-4-6-15/h2-12H,13H2,1H3,(H,23,27). The number of carbonyl (C=O) groups excluding carboxylic acids is 1. The number of halogens is 1. The highest BCUT2D eigenvalue weighted by molar-refractivity contribution is 9.10. The number of anilines is 1. The molecule has 4 rings (SSSR count). The molecule has 0 fully saturated rings. The Morgan fingerprint density at radius 2 is 1.89 bits per heavy atom. The molecule has 0 saturated heterocycles. The van der Waals surface area contributed by atoms with Crippen molar-refractivity contribution in [3.63, 3.8) is 0 Å². The van der Waals surface area contributed by atoms with Crippen molar-refractivity contribution in [3.05, 3.63) is 87.4 Å². The second-order valence-electron chi connectivity index (χ2n) is 6.47. The van der Waals surface area contributed by atoms with Crippen molar-refractivity contribution >= 4 is 33.0 Å². The van der Waals surface area contributed by atoms with Crippen molar-refractivity contribution < 1.29 is 4.79 Å². The van der Waals surface area contributed by atoms with Gasteiger partial charge in [-0.1, -0.05) is 46.3 Å². The van der Waals surface area contributed by atoms with Gasteiger partial charge in [-0.15, -0.1) is 0 Å². The number of amides is 1. The van der Waals surface area contributed by atoms with Gasteiger partial charge in [0, 0.05) is 28.1 Å². The van der Waals surface area contributed by atoms with E-state index >= 15 is 0 Å². The van der Waals surface area contributed by atoms with Crippen LogP contribution in [0.1, 0.15) is 5.56 Å². The lowest BCUT2D eigenvalue weighted by molar-refractivity contribution is -0.116. The highest BCUT2D eigenvalue weighted by Gasteiger charge is 2.11. The minimum atomic E-state index is -0.268. The summed E-state index contributed by atoms with van der Waals surface area (Å²) in [6.07, 6.45) is 3.25. The number of rotatable bonds is 4. The van der Waals surface area contributed by atoms with E-state index in [2.05, 4.69) is 26.3 Å². The molecule has 1 amide bonds. The van der Waals surface area contributed by atoms with Crippen LogP contribution in [0, 0.1) is 6.92 Å². The summed E-state index contributed by atoms with van der Waals surface area (Å²) < 4.78 is 3.89.